The van der Waals surface area contributed by atoms with E-state index in [2.05, 4.69) is 19.5 Å². The summed E-state index contributed by atoms with van der Waals surface area (Å²) in [6, 6.07) is 6.98. The first-order valence-corrected chi connectivity index (χ1v) is 11.8. The molecule has 144 valence electrons. The molecule has 1 unspecified atom stereocenters. The maximum Gasteiger partial charge on any atom is 0.229 e. The van der Waals surface area contributed by atoms with Gasteiger partial charge >= 0.3 is 0 Å². The fraction of sp³-hybridized carbons (Fsp3) is 0.500. The molecule has 2 aliphatic carbocycles. The van der Waals surface area contributed by atoms with Crippen LogP contribution in [-0.2, 0) is 10.0 Å². The number of carbonyl (C=O) groups excluding carboxylic acids is 1. The molecule has 9 heteroatoms. The smallest absolute Gasteiger partial charge is 0.229 e. The highest BCUT2D eigenvalue weighted by Gasteiger charge is 2.37. The minimum Gasteiger partial charge on any atom is -0.303 e. The van der Waals surface area contributed by atoms with Crippen molar-refractivity contribution in [3.8, 4) is 0 Å². The van der Waals surface area contributed by atoms with Crippen LogP contribution < -0.4 is 4.72 Å². The Morgan fingerprint density at radius 1 is 1.19 bits per heavy atom. The molecule has 0 amide bonds. The summed E-state index contributed by atoms with van der Waals surface area (Å²) in [7, 11) is -3.33. The van der Waals surface area contributed by atoms with E-state index in [1.165, 1.54) is 24.6 Å². The van der Waals surface area contributed by atoms with Crippen molar-refractivity contribution in [1.82, 2.24) is 14.8 Å². The molecule has 2 aromatic rings. The van der Waals surface area contributed by atoms with Gasteiger partial charge in [-0.3, -0.25) is 9.52 Å². The Labute approximate surface area is 163 Å². The normalized spacial score (nSPS) is 18.3. The van der Waals surface area contributed by atoms with Gasteiger partial charge in [0.25, 0.3) is 0 Å². The van der Waals surface area contributed by atoms with Crippen molar-refractivity contribution in [3.63, 3.8) is 0 Å². The lowest BCUT2D eigenvalue weighted by molar-refractivity contribution is 0.0994. The summed E-state index contributed by atoms with van der Waals surface area (Å²) in [6.45, 7) is 1.87. The molecule has 0 aliphatic heterocycles. The maximum absolute atomic E-state index is 12.8. The fourth-order valence-corrected chi connectivity index (χ4v) is 4.60. The van der Waals surface area contributed by atoms with Crippen LogP contribution in [0.25, 0.3) is 0 Å². The molecule has 1 aromatic carbocycles. The molecule has 2 saturated carbocycles. The average molecular weight is 407 g/mol. The number of carbonyl (C=O) groups is 1. The third kappa shape index (κ3) is 4.35. The number of aromatic nitrogens is 3. The van der Waals surface area contributed by atoms with Crippen LogP contribution in [-0.4, -0.2) is 40.5 Å². The second kappa shape index (κ2) is 6.94. The van der Waals surface area contributed by atoms with Gasteiger partial charge in [-0.1, -0.05) is 11.8 Å². The Hall–Kier alpha value is -1.87. The highest BCUT2D eigenvalue weighted by Crippen LogP contribution is 2.46. The number of nitrogens with zero attached hydrogens (tertiary/aromatic N) is 3. The standard InChI is InChI=1S/C18H22N4O3S2/c1-11(16(23)12-5-7-14(8-6-12)21-27(2,24)25)26-18-20-19-17(13-3-4-13)22(18)15-9-10-15/h5-8,11,13,15,21H,3-4,9-10H2,1-2H3. The summed E-state index contributed by atoms with van der Waals surface area (Å²) in [6.07, 6.45) is 5.76. The number of Topliss-reactive ketones (excluding diaryl/α,β-unsaturated/α-hetero) is 1. The van der Waals surface area contributed by atoms with Crippen LogP contribution in [0.15, 0.2) is 29.4 Å². The molecule has 2 fully saturated rings. The van der Waals surface area contributed by atoms with Gasteiger partial charge in [0.05, 0.1) is 11.5 Å². The largest absolute Gasteiger partial charge is 0.303 e. The zero-order valence-corrected chi connectivity index (χ0v) is 16.9. The first-order chi connectivity index (χ1) is 12.8. The van der Waals surface area contributed by atoms with E-state index in [9.17, 15) is 13.2 Å². The van der Waals surface area contributed by atoms with Crippen LogP contribution in [0, 0.1) is 0 Å². The van der Waals surface area contributed by atoms with Gasteiger partial charge in [-0.15, -0.1) is 10.2 Å². The second-order valence-electron chi connectivity index (χ2n) is 7.29. The third-order valence-electron chi connectivity index (χ3n) is 4.67. The van der Waals surface area contributed by atoms with Crippen molar-refractivity contribution in [2.24, 2.45) is 0 Å². The van der Waals surface area contributed by atoms with E-state index in [1.54, 1.807) is 24.3 Å². The Morgan fingerprint density at radius 2 is 1.85 bits per heavy atom. The first-order valence-electron chi connectivity index (χ1n) is 9.05. The highest BCUT2D eigenvalue weighted by molar-refractivity contribution is 8.00. The molecule has 4 rings (SSSR count). The van der Waals surface area contributed by atoms with E-state index in [-0.39, 0.29) is 11.0 Å². The van der Waals surface area contributed by atoms with Crippen LogP contribution in [0.3, 0.4) is 0 Å². The molecule has 0 bridgehead atoms. The number of hydrogen-bond acceptors (Lipinski definition) is 6. The Balaban J connectivity index is 1.47. The Kier molecular flexibility index (Phi) is 4.75. The highest BCUT2D eigenvalue weighted by atomic mass is 32.2. The molecule has 7 nitrogen and oxygen atoms in total. The monoisotopic (exact) mass is 406 g/mol. The van der Waals surface area contributed by atoms with Crippen molar-refractivity contribution in [2.45, 2.75) is 55.0 Å². The summed E-state index contributed by atoms with van der Waals surface area (Å²) in [5.41, 5.74) is 0.992. The van der Waals surface area contributed by atoms with Gasteiger partial charge in [-0.25, -0.2) is 8.42 Å². The summed E-state index contributed by atoms with van der Waals surface area (Å²) in [5.74, 6) is 1.61. The SMILES string of the molecule is CC(Sc1nnc(C2CC2)n1C1CC1)C(=O)c1ccc(NS(C)(=O)=O)cc1. The van der Waals surface area contributed by atoms with Gasteiger partial charge in [0.1, 0.15) is 5.82 Å². The topological polar surface area (TPSA) is 93.9 Å². The molecule has 1 heterocycles. The van der Waals surface area contributed by atoms with Crippen LogP contribution in [0.4, 0.5) is 5.69 Å². The van der Waals surface area contributed by atoms with Crippen LogP contribution in [0.2, 0.25) is 0 Å². The van der Waals surface area contributed by atoms with E-state index in [4.69, 9.17) is 0 Å². The molecule has 0 spiro atoms. The van der Waals surface area contributed by atoms with Crippen molar-refractivity contribution in [2.75, 3.05) is 11.0 Å². The van der Waals surface area contributed by atoms with Crippen molar-refractivity contribution in [1.29, 1.82) is 0 Å². The second-order valence-corrected chi connectivity index (χ2v) is 10.3. The minimum atomic E-state index is -3.33. The number of sulfonamides is 1. The van der Waals surface area contributed by atoms with Gasteiger partial charge in [-0.2, -0.15) is 0 Å². The predicted molar refractivity (Wildman–Crippen MR) is 105 cm³/mol. The van der Waals surface area contributed by atoms with Gasteiger partial charge in [0.2, 0.25) is 10.0 Å². The maximum atomic E-state index is 12.8. The molecule has 0 saturated heterocycles. The lowest BCUT2D eigenvalue weighted by Crippen LogP contribution is -2.15. The number of thioether (sulfide) groups is 1. The van der Waals surface area contributed by atoms with Crippen molar-refractivity contribution in [3.05, 3.63) is 35.7 Å². The molecule has 2 aliphatic rings. The third-order valence-corrected chi connectivity index (χ3v) is 6.33. The number of hydrogen-bond donors (Lipinski definition) is 1. The molecule has 0 radical (unpaired) electrons. The zero-order chi connectivity index (χ0) is 19.2. The minimum absolute atomic E-state index is 0.00998. The Morgan fingerprint density at radius 3 is 2.41 bits per heavy atom. The molecule has 1 N–H and O–H groups in total. The Bertz CT molecular complexity index is 961. The van der Waals surface area contributed by atoms with Gasteiger partial charge in [0.15, 0.2) is 10.9 Å². The lowest BCUT2D eigenvalue weighted by atomic mass is 10.1. The summed E-state index contributed by atoms with van der Waals surface area (Å²) in [5, 5.41) is 9.27. The summed E-state index contributed by atoms with van der Waals surface area (Å²) in [4.78, 5) is 12.8. The van der Waals surface area contributed by atoms with Crippen molar-refractivity contribution < 1.29 is 13.2 Å². The molecular formula is C18H22N4O3S2. The van der Waals surface area contributed by atoms with E-state index >= 15 is 0 Å². The number of anilines is 1. The molecule has 1 atom stereocenters. The lowest BCUT2D eigenvalue weighted by Gasteiger charge is -2.12. The van der Waals surface area contributed by atoms with Crippen molar-refractivity contribution >= 4 is 33.3 Å². The number of ketones is 1. The summed E-state index contributed by atoms with van der Waals surface area (Å²) >= 11 is 1.45. The number of rotatable bonds is 8. The zero-order valence-electron chi connectivity index (χ0n) is 15.3. The van der Waals surface area contributed by atoms with Gasteiger partial charge in [-0.05, 0) is 56.9 Å². The number of benzene rings is 1. The molecular weight excluding hydrogens is 384 g/mol. The van der Waals surface area contributed by atoms with Crippen LogP contribution in [0.5, 0.6) is 0 Å². The quantitative estimate of drug-likeness (QED) is 0.534. The van der Waals surface area contributed by atoms with E-state index in [0.717, 1.165) is 30.1 Å². The average Bonchev–Trinajstić information content (AvgIpc) is 3.52. The van der Waals surface area contributed by atoms with E-state index < -0.39 is 10.0 Å². The first kappa shape index (κ1) is 18.5. The fourth-order valence-electron chi connectivity index (χ4n) is 3.03. The van der Waals surface area contributed by atoms with Crippen LogP contribution >= 0.6 is 11.8 Å². The molecule has 27 heavy (non-hydrogen) atoms. The van der Waals surface area contributed by atoms with E-state index in [0.29, 0.717) is 23.2 Å². The summed E-state index contributed by atoms with van der Waals surface area (Å²) < 4.78 is 27.2. The number of nitrogens with one attached hydrogen (secondary N) is 1. The van der Waals surface area contributed by atoms with E-state index in [1.807, 2.05) is 6.92 Å². The molecule has 1 aromatic heterocycles. The van der Waals surface area contributed by atoms with Gasteiger partial charge in [0, 0.05) is 23.2 Å². The predicted octanol–water partition coefficient (Wildman–Crippen LogP) is 3.23. The van der Waals surface area contributed by atoms with Gasteiger partial charge < -0.3 is 4.57 Å². The van der Waals surface area contributed by atoms with Crippen LogP contribution in [0.1, 0.15) is 60.7 Å².